The number of ether oxygens (including phenoxy) is 1. The molecule has 4 nitrogen and oxygen atoms in total. The molecule has 4 heteroatoms. The second-order valence-corrected chi connectivity index (χ2v) is 7.33. The molecule has 0 saturated carbocycles. The molecule has 1 unspecified atom stereocenters. The zero-order chi connectivity index (χ0) is 19.9. The summed E-state index contributed by atoms with van der Waals surface area (Å²) in [7, 11) is 0. The fraction of sp³-hybridized carbons (Fsp3) is 0.208. The smallest absolute Gasteiger partial charge is 0.323 e. The Kier molecular flexibility index (Phi) is 4.53. The van der Waals surface area contributed by atoms with E-state index in [9.17, 15) is 9.90 Å². The number of hydrogen-bond donors (Lipinski definition) is 2. The topological polar surface area (TPSA) is 72.5 Å². The third kappa shape index (κ3) is 2.73. The lowest BCUT2D eigenvalue weighted by molar-refractivity contribution is -0.144. The maximum Gasteiger partial charge on any atom is 0.323 e. The van der Waals surface area contributed by atoms with Gasteiger partial charge in [-0.25, -0.2) is 0 Å². The van der Waals surface area contributed by atoms with Gasteiger partial charge in [0.25, 0.3) is 0 Å². The van der Waals surface area contributed by atoms with Crippen molar-refractivity contribution in [3.05, 3.63) is 95.1 Å². The first-order chi connectivity index (χ1) is 13.4. The van der Waals surface area contributed by atoms with E-state index in [1.165, 1.54) is 0 Å². The summed E-state index contributed by atoms with van der Waals surface area (Å²) in [6, 6.07) is 23.3. The minimum Gasteiger partial charge on any atom is -0.480 e. The lowest BCUT2D eigenvalue weighted by atomic mass is 9.83. The molecule has 28 heavy (non-hydrogen) atoms. The van der Waals surface area contributed by atoms with E-state index >= 15 is 0 Å². The average Bonchev–Trinajstić information content (AvgIpc) is 2.98. The van der Waals surface area contributed by atoms with Gasteiger partial charge in [0.15, 0.2) is 0 Å². The lowest BCUT2D eigenvalue weighted by Gasteiger charge is -2.36. The standard InChI is InChI=1S/C24H23NO3/c1-15-12-13-19-18-10-6-7-11-20(18)24(21(19)14-15,17-8-4-3-5-9-17)28-16(2)22(25)23(26)27/h3-14,16,22H,25H2,1-2H3,(H,26,27)/t16-,22+,24?/m1/s1. The van der Waals surface area contributed by atoms with Crippen LogP contribution in [0.4, 0.5) is 0 Å². The molecule has 3 atom stereocenters. The minimum absolute atomic E-state index is 0.697. The van der Waals surface area contributed by atoms with Gasteiger partial charge in [-0.3, -0.25) is 4.79 Å². The molecule has 0 radical (unpaired) electrons. The van der Waals surface area contributed by atoms with Crippen LogP contribution in [0, 0.1) is 6.92 Å². The first kappa shape index (κ1) is 18.4. The highest BCUT2D eigenvalue weighted by Gasteiger charge is 2.47. The first-order valence-corrected chi connectivity index (χ1v) is 9.38. The molecule has 3 aromatic carbocycles. The molecule has 3 N–H and O–H groups in total. The van der Waals surface area contributed by atoms with Crippen LogP contribution < -0.4 is 5.73 Å². The van der Waals surface area contributed by atoms with Crippen LogP contribution in [0.5, 0.6) is 0 Å². The highest BCUT2D eigenvalue weighted by atomic mass is 16.5. The molecular weight excluding hydrogens is 350 g/mol. The van der Waals surface area contributed by atoms with Crippen molar-refractivity contribution < 1.29 is 14.6 Å². The average molecular weight is 373 g/mol. The Labute approximate surface area is 164 Å². The molecule has 1 aliphatic rings. The Hall–Kier alpha value is -2.95. The van der Waals surface area contributed by atoms with E-state index in [0.717, 1.165) is 33.4 Å². The molecule has 0 aromatic heterocycles. The fourth-order valence-corrected chi connectivity index (χ4v) is 4.09. The molecule has 0 heterocycles. The summed E-state index contributed by atoms with van der Waals surface area (Å²) >= 11 is 0. The van der Waals surface area contributed by atoms with Gasteiger partial charge in [0.1, 0.15) is 11.6 Å². The van der Waals surface area contributed by atoms with Crippen molar-refractivity contribution in [3.63, 3.8) is 0 Å². The van der Waals surface area contributed by atoms with Crippen LogP contribution in [0.25, 0.3) is 11.1 Å². The quantitative estimate of drug-likeness (QED) is 0.707. The number of nitrogens with two attached hydrogens (primary N) is 1. The van der Waals surface area contributed by atoms with Gasteiger partial charge >= 0.3 is 5.97 Å². The normalized spacial score (nSPS) is 19.5. The second-order valence-electron chi connectivity index (χ2n) is 7.33. The fourth-order valence-electron chi connectivity index (χ4n) is 4.09. The van der Waals surface area contributed by atoms with Crippen molar-refractivity contribution in [1.29, 1.82) is 0 Å². The van der Waals surface area contributed by atoms with Crippen LogP contribution in [-0.2, 0) is 15.1 Å². The Morgan fingerprint density at radius 1 is 0.964 bits per heavy atom. The van der Waals surface area contributed by atoms with Gasteiger partial charge in [-0.05, 0) is 30.5 Å². The minimum atomic E-state index is -1.12. The van der Waals surface area contributed by atoms with Gasteiger partial charge in [-0.1, -0.05) is 78.4 Å². The van der Waals surface area contributed by atoms with Crippen LogP contribution in [0.3, 0.4) is 0 Å². The predicted molar refractivity (Wildman–Crippen MR) is 109 cm³/mol. The zero-order valence-corrected chi connectivity index (χ0v) is 15.9. The predicted octanol–water partition coefficient (Wildman–Crippen LogP) is 4.08. The van der Waals surface area contributed by atoms with E-state index in [2.05, 4.69) is 30.3 Å². The number of rotatable bonds is 5. The van der Waals surface area contributed by atoms with Crippen LogP contribution in [0.1, 0.15) is 29.2 Å². The van der Waals surface area contributed by atoms with E-state index < -0.39 is 23.7 Å². The molecule has 0 spiro atoms. The second kappa shape index (κ2) is 6.89. The van der Waals surface area contributed by atoms with Crippen molar-refractivity contribution in [3.8, 4) is 11.1 Å². The number of carbonyl (C=O) groups is 1. The molecular formula is C24H23NO3. The summed E-state index contributed by atoms with van der Waals surface area (Å²) in [5.41, 5.74) is 11.3. The van der Waals surface area contributed by atoms with Crippen molar-refractivity contribution in [1.82, 2.24) is 0 Å². The van der Waals surface area contributed by atoms with Gasteiger partial charge in [-0.15, -0.1) is 0 Å². The van der Waals surface area contributed by atoms with Crippen molar-refractivity contribution in [2.75, 3.05) is 0 Å². The number of benzene rings is 3. The van der Waals surface area contributed by atoms with E-state index in [0.29, 0.717) is 0 Å². The van der Waals surface area contributed by atoms with E-state index in [1.54, 1.807) is 6.92 Å². The molecule has 0 saturated heterocycles. The molecule has 142 valence electrons. The molecule has 0 amide bonds. The van der Waals surface area contributed by atoms with Gasteiger partial charge in [-0.2, -0.15) is 0 Å². The SMILES string of the molecule is Cc1ccc2c(c1)C(O[C@H](C)[C@H](N)C(=O)O)(c1ccccc1)c1ccccc1-2. The Morgan fingerprint density at radius 3 is 2.32 bits per heavy atom. The van der Waals surface area contributed by atoms with Gasteiger partial charge in [0, 0.05) is 11.1 Å². The number of carboxylic acid groups (broad SMARTS) is 1. The maximum absolute atomic E-state index is 11.5. The number of aryl methyl sites for hydroxylation is 1. The third-order valence-corrected chi connectivity index (χ3v) is 5.48. The van der Waals surface area contributed by atoms with Gasteiger partial charge in [0.2, 0.25) is 0 Å². The van der Waals surface area contributed by atoms with E-state index in [-0.39, 0.29) is 0 Å². The van der Waals surface area contributed by atoms with Crippen LogP contribution in [0.2, 0.25) is 0 Å². The number of aliphatic carboxylic acids is 1. The Morgan fingerprint density at radius 2 is 1.61 bits per heavy atom. The zero-order valence-electron chi connectivity index (χ0n) is 15.9. The van der Waals surface area contributed by atoms with Crippen LogP contribution in [-0.4, -0.2) is 23.2 Å². The van der Waals surface area contributed by atoms with Crippen molar-refractivity contribution in [2.24, 2.45) is 5.73 Å². The summed E-state index contributed by atoms with van der Waals surface area (Å²) < 4.78 is 6.61. The summed E-state index contributed by atoms with van der Waals surface area (Å²) in [4.78, 5) is 11.5. The number of hydrogen-bond acceptors (Lipinski definition) is 3. The Bertz CT molecular complexity index is 1030. The maximum atomic E-state index is 11.5. The lowest BCUT2D eigenvalue weighted by Crippen LogP contribution is -2.46. The molecule has 4 rings (SSSR count). The van der Waals surface area contributed by atoms with E-state index in [4.69, 9.17) is 10.5 Å². The summed E-state index contributed by atoms with van der Waals surface area (Å²) in [5, 5.41) is 9.41. The summed E-state index contributed by atoms with van der Waals surface area (Å²) in [6.07, 6.45) is -0.697. The Balaban J connectivity index is 2.01. The number of carboxylic acids is 1. The van der Waals surface area contributed by atoms with Gasteiger partial charge in [0.05, 0.1) is 6.10 Å². The molecule has 0 bridgehead atoms. The number of fused-ring (bicyclic) bond motifs is 3. The van der Waals surface area contributed by atoms with Crippen LogP contribution in [0.15, 0.2) is 72.8 Å². The summed E-state index contributed by atoms with van der Waals surface area (Å²) in [6.45, 7) is 3.77. The van der Waals surface area contributed by atoms with Crippen molar-refractivity contribution >= 4 is 5.97 Å². The van der Waals surface area contributed by atoms with Gasteiger partial charge < -0.3 is 15.6 Å². The van der Waals surface area contributed by atoms with E-state index in [1.807, 2.05) is 49.4 Å². The third-order valence-electron chi connectivity index (χ3n) is 5.48. The monoisotopic (exact) mass is 373 g/mol. The highest BCUT2D eigenvalue weighted by Crippen LogP contribution is 2.53. The van der Waals surface area contributed by atoms with Crippen LogP contribution >= 0.6 is 0 Å². The molecule has 1 aliphatic carbocycles. The highest BCUT2D eigenvalue weighted by molar-refractivity contribution is 5.83. The molecule has 0 aliphatic heterocycles. The molecule has 3 aromatic rings. The first-order valence-electron chi connectivity index (χ1n) is 9.38. The van der Waals surface area contributed by atoms with Crippen molar-refractivity contribution in [2.45, 2.75) is 31.6 Å². The molecule has 0 fully saturated rings. The largest absolute Gasteiger partial charge is 0.480 e. The summed E-state index contributed by atoms with van der Waals surface area (Å²) in [5.74, 6) is -1.08.